The third kappa shape index (κ3) is 2.21. The summed E-state index contributed by atoms with van der Waals surface area (Å²) in [7, 11) is 0. The van der Waals surface area contributed by atoms with Gasteiger partial charge in [-0.3, -0.25) is 4.84 Å². The van der Waals surface area contributed by atoms with Crippen LogP contribution in [0.4, 0.5) is 0 Å². The molecule has 0 saturated carbocycles. The predicted molar refractivity (Wildman–Crippen MR) is 55.6 cm³/mol. The van der Waals surface area contributed by atoms with E-state index in [9.17, 15) is 9.90 Å². The molecule has 86 valence electrons. The van der Waals surface area contributed by atoms with E-state index in [2.05, 4.69) is 5.48 Å². The fourth-order valence-electron chi connectivity index (χ4n) is 1.61. The first-order valence-corrected chi connectivity index (χ1v) is 5.03. The number of carbonyl (C=O) groups is 1. The molecule has 1 aliphatic rings. The molecule has 1 heterocycles. The number of carboxylic acids is 1. The normalized spacial score (nSPS) is 25.2. The van der Waals surface area contributed by atoms with Crippen LogP contribution in [0.2, 0.25) is 0 Å². The fraction of sp³-hybridized carbons (Fsp3) is 0.364. The number of hydroxylamine groups is 1. The Morgan fingerprint density at radius 1 is 1.38 bits per heavy atom. The van der Waals surface area contributed by atoms with E-state index >= 15 is 0 Å². The molecule has 2 N–H and O–H groups in total. The molecule has 0 amide bonds. The van der Waals surface area contributed by atoms with Crippen molar-refractivity contribution in [1.82, 2.24) is 5.48 Å². The minimum absolute atomic E-state index is 0.225. The molecule has 2 rings (SSSR count). The first kappa shape index (κ1) is 11.1. The van der Waals surface area contributed by atoms with Crippen molar-refractivity contribution in [1.29, 1.82) is 0 Å². The minimum Gasteiger partial charge on any atom is -0.478 e. The van der Waals surface area contributed by atoms with Gasteiger partial charge >= 0.3 is 5.97 Å². The van der Waals surface area contributed by atoms with Crippen LogP contribution < -0.4 is 5.48 Å². The van der Waals surface area contributed by atoms with E-state index in [0.717, 1.165) is 5.56 Å². The van der Waals surface area contributed by atoms with Gasteiger partial charge in [-0.05, 0) is 5.56 Å². The Balaban J connectivity index is 2.17. The minimum atomic E-state index is -1.47. The SMILES string of the molecule is O=C(O)[C@]1(Cc2ccccc2)NOCCO1. The molecule has 1 saturated heterocycles. The van der Waals surface area contributed by atoms with Crippen molar-refractivity contribution in [3.63, 3.8) is 0 Å². The number of nitrogens with one attached hydrogen (secondary N) is 1. The monoisotopic (exact) mass is 223 g/mol. The molecule has 1 fully saturated rings. The number of rotatable bonds is 3. The van der Waals surface area contributed by atoms with Gasteiger partial charge in [-0.2, -0.15) is 5.48 Å². The van der Waals surface area contributed by atoms with Crippen molar-refractivity contribution in [2.45, 2.75) is 12.1 Å². The molecule has 5 nitrogen and oxygen atoms in total. The maximum atomic E-state index is 11.2. The molecule has 1 aromatic rings. The zero-order chi connectivity index (χ0) is 11.4. The third-order valence-corrected chi connectivity index (χ3v) is 2.41. The molecular weight excluding hydrogens is 210 g/mol. The summed E-state index contributed by atoms with van der Waals surface area (Å²) in [5, 5.41) is 9.18. The van der Waals surface area contributed by atoms with E-state index in [1.807, 2.05) is 30.3 Å². The molecule has 0 radical (unpaired) electrons. The second-order valence-electron chi connectivity index (χ2n) is 3.59. The van der Waals surface area contributed by atoms with E-state index in [-0.39, 0.29) is 13.0 Å². The average Bonchev–Trinajstić information content (AvgIpc) is 2.31. The number of benzene rings is 1. The largest absolute Gasteiger partial charge is 0.478 e. The molecular formula is C11H13NO4. The summed E-state index contributed by atoms with van der Waals surface area (Å²) in [5.74, 6) is -1.07. The van der Waals surface area contributed by atoms with Crippen molar-refractivity contribution in [3.8, 4) is 0 Å². The lowest BCUT2D eigenvalue weighted by molar-refractivity contribution is -0.231. The standard InChI is InChI=1S/C11H13NO4/c13-10(14)11(12-16-7-6-15-11)8-9-4-2-1-3-5-9/h1-5,12H,6-8H2,(H,13,14)/t11-/m1/s1. The highest BCUT2D eigenvalue weighted by molar-refractivity contribution is 5.77. The number of hydrogen-bond acceptors (Lipinski definition) is 4. The lowest BCUT2D eigenvalue weighted by Gasteiger charge is -2.33. The third-order valence-electron chi connectivity index (χ3n) is 2.41. The fourth-order valence-corrected chi connectivity index (χ4v) is 1.61. The number of ether oxygens (including phenoxy) is 1. The van der Waals surface area contributed by atoms with Gasteiger partial charge in [-0.25, -0.2) is 4.79 Å². The van der Waals surface area contributed by atoms with Gasteiger partial charge in [0.15, 0.2) is 0 Å². The summed E-state index contributed by atoms with van der Waals surface area (Å²) in [6.07, 6.45) is 0.225. The molecule has 0 bridgehead atoms. The van der Waals surface area contributed by atoms with Gasteiger partial charge in [0, 0.05) is 6.42 Å². The maximum absolute atomic E-state index is 11.2. The first-order valence-electron chi connectivity index (χ1n) is 5.03. The Kier molecular flexibility index (Phi) is 3.19. The van der Waals surface area contributed by atoms with Gasteiger partial charge in [0.05, 0.1) is 13.2 Å². The summed E-state index contributed by atoms with van der Waals surface area (Å²) < 4.78 is 5.30. The Labute approximate surface area is 92.9 Å². The van der Waals surface area contributed by atoms with E-state index < -0.39 is 11.7 Å². The van der Waals surface area contributed by atoms with Crippen molar-refractivity contribution >= 4 is 5.97 Å². The lowest BCUT2D eigenvalue weighted by atomic mass is 10.0. The zero-order valence-electron chi connectivity index (χ0n) is 8.68. The second-order valence-corrected chi connectivity index (χ2v) is 3.59. The molecule has 0 aromatic heterocycles. The van der Waals surface area contributed by atoms with Gasteiger partial charge < -0.3 is 9.84 Å². The van der Waals surface area contributed by atoms with Crippen LogP contribution in [0.1, 0.15) is 5.56 Å². The van der Waals surface area contributed by atoms with Crippen LogP contribution in [0.3, 0.4) is 0 Å². The van der Waals surface area contributed by atoms with E-state index in [1.54, 1.807) is 0 Å². The van der Waals surface area contributed by atoms with Crippen LogP contribution in [-0.4, -0.2) is 30.0 Å². The maximum Gasteiger partial charge on any atom is 0.353 e. The summed E-state index contributed by atoms with van der Waals surface area (Å²) in [4.78, 5) is 16.2. The van der Waals surface area contributed by atoms with E-state index in [1.165, 1.54) is 0 Å². The molecule has 0 aliphatic carbocycles. The summed E-state index contributed by atoms with van der Waals surface area (Å²) >= 11 is 0. The number of aliphatic carboxylic acids is 1. The molecule has 1 atom stereocenters. The highest BCUT2D eigenvalue weighted by Gasteiger charge is 2.42. The molecule has 1 aliphatic heterocycles. The molecule has 16 heavy (non-hydrogen) atoms. The van der Waals surface area contributed by atoms with Crippen molar-refractivity contribution < 1.29 is 19.5 Å². The summed E-state index contributed by atoms with van der Waals surface area (Å²) in [5.41, 5.74) is 1.86. The second kappa shape index (κ2) is 4.61. The van der Waals surface area contributed by atoms with Crippen molar-refractivity contribution in [2.24, 2.45) is 0 Å². The van der Waals surface area contributed by atoms with Crippen LogP contribution in [0.15, 0.2) is 30.3 Å². The van der Waals surface area contributed by atoms with Gasteiger partial charge in [0.25, 0.3) is 0 Å². The molecule has 1 aromatic carbocycles. The van der Waals surface area contributed by atoms with Crippen molar-refractivity contribution in [3.05, 3.63) is 35.9 Å². The zero-order valence-corrected chi connectivity index (χ0v) is 8.68. The van der Waals surface area contributed by atoms with Crippen LogP contribution in [-0.2, 0) is 20.8 Å². The molecule has 5 heteroatoms. The van der Waals surface area contributed by atoms with Crippen LogP contribution in [0.25, 0.3) is 0 Å². The van der Waals surface area contributed by atoms with Crippen molar-refractivity contribution in [2.75, 3.05) is 13.2 Å². The van der Waals surface area contributed by atoms with Crippen LogP contribution in [0, 0.1) is 0 Å². The Morgan fingerprint density at radius 2 is 2.12 bits per heavy atom. The topological polar surface area (TPSA) is 67.8 Å². The van der Waals surface area contributed by atoms with E-state index in [0.29, 0.717) is 6.61 Å². The van der Waals surface area contributed by atoms with Gasteiger partial charge in [-0.1, -0.05) is 30.3 Å². The van der Waals surface area contributed by atoms with E-state index in [4.69, 9.17) is 9.57 Å². The highest BCUT2D eigenvalue weighted by Crippen LogP contribution is 2.18. The smallest absolute Gasteiger partial charge is 0.353 e. The molecule has 0 spiro atoms. The van der Waals surface area contributed by atoms with Gasteiger partial charge in [-0.15, -0.1) is 0 Å². The predicted octanol–water partition coefficient (Wildman–Crippen LogP) is 0.561. The summed E-state index contributed by atoms with van der Waals surface area (Å²) in [6.45, 7) is 0.621. The average molecular weight is 223 g/mol. The van der Waals surface area contributed by atoms with Crippen LogP contribution in [0.5, 0.6) is 0 Å². The lowest BCUT2D eigenvalue weighted by Crippen LogP contribution is -2.59. The Morgan fingerprint density at radius 3 is 2.69 bits per heavy atom. The molecule has 0 unspecified atom stereocenters. The number of carboxylic acid groups (broad SMARTS) is 1. The quantitative estimate of drug-likeness (QED) is 0.783. The summed E-state index contributed by atoms with van der Waals surface area (Å²) in [6, 6.07) is 9.29. The first-order chi connectivity index (χ1) is 7.73. The van der Waals surface area contributed by atoms with Gasteiger partial charge in [0.2, 0.25) is 5.72 Å². The highest BCUT2D eigenvalue weighted by atomic mass is 16.7. The number of hydrogen-bond donors (Lipinski definition) is 2. The van der Waals surface area contributed by atoms with Gasteiger partial charge in [0.1, 0.15) is 0 Å². The Bertz CT molecular complexity index is 360. The van der Waals surface area contributed by atoms with Crippen LogP contribution >= 0.6 is 0 Å². The Hall–Kier alpha value is -1.43.